The molecule has 0 aromatic heterocycles. The molecule has 1 rings (SSSR count). The minimum atomic E-state index is 0.703. The minimum absolute atomic E-state index is 0.703. The molecule has 1 saturated heterocycles. The molecule has 0 bridgehead atoms. The molecule has 0 aromatic carbocycles. The summed E-state index contributed by atoms with van der Waals surface area (Å²) in [5.41, 5.74) is 0. The maximum atomic E-state index is 5.70. The number of rotatable bonds is 9. The molecule has 18 heavy (non-hydrogen) atoms. The Hall–Kier alpha value is -0.120. The predicted octanol–water partition coefficient (Wildman–Crippen LogP) is 2.51. The molecule has 3 nitrogen and oxygen atoms in total. The lowest BCUT2D eigenvalue weighted by Gasteiger charge is -2.33. The number of nitrogens with zero attached hydrogens (tertiary/aromatic N) is 1. The highest BCUT2D eigenvalue weighted by Gasteiger charge is 2.18. The number of ether oxygens (including phenoxy) is 1. The van der Waals surface area contributed by atoms with Gasteiger partial charge in [-0.3, -0.25) is 4.90 Å². The highest BCUT2D eigenvalue weighted by molar-refractivity contribution is 4.77. The lowest BCUT2D eigenvalue weighted by atomic mass is 10.1. The lowest BCUT2D eigenvalue weighted by molar-refractivity contribution is 0.0839. The number of likely N-dealkylation sites (tertiary alicyclic amines) is 1. The van der Waals surface area contributed by atoms with Crippen molar-refractivity contribution >= 4 is 0 Å². The minimum Gasteiger partial charge on any atom is -0.380 e. The SMILES string of the molecule is CCCNC1CCCN(CCOCCC(C)C)C1. The molecule has 0 amide bonds. The van der Waals surface area contributed by atoms with Crippen LogP contribution in [0.5, 0.6) is 0 Å². The number of nitrogens with one attached hydrogen (secondary N) is 1. The molecule has 0 aliphatic carbocycles. The fourth-order valence-electron chi connectivity index (χ4n) is 2.39. The van der Waals surface area contributed by atoms with E-state index in [1.54, 1.807) is 0 Å². The second-order valence-electron chi connectivity index (χ2n) is 5.89. The van der Waals surface area contributed by atoms with Crippen molar-refractivity contribution in [3.63, 3.8) is 0 Å². The quantitative estimate of drug-likeness (QED) is 0.642. The van der Waals surface area contributed by atoms with Crippen LogP contribution in [0, 0.1) is 5.92 Å². The number of hydrogen-bond acceptors (Lipinski definition) is 3. The zero-order valence-electron chi connectivity index (χ0n) is 12.6. The fourth-order valence-corrected chi connectivity index (χ4v) is 2.39. The Bertz CT molecular complexity index is 197. The van der Waals surface area contributed by atoms with Crippen molar-refractivity contribution in [2.24, 2.45) is 5.92 Å². The Morgan fingerprint density at radius 2 is 2.17 bits per heavy atom. The highest BCUT2D eigenvalue weighted by atomic mass is 16.5. The molecule has 0 spiro atoms. The first-order chi connectivity index (χ1) is 8.72. The third-order valence-corrected chi connectivity index (χ3v) is 3.58. The number of piperidine rings is 1. The first kappa shape index (κ1) is 15.9. The third-order valence-electron chi connectivity index (χ3n) is 3.58. The maximum absolute atomic E-state index is 5.70. The van der Waals surface area contributed by atoms with Crippen LogP contribution in [0.2, 0.25) is 0 Å². The van der Waals surface area contributed by atoms with Crippen LogP contribution in [-0.2, 0) is 4.74 Å². The van der Waals surface area contributed by atoms with E-state index in [-0.39, 0.29) is 0 Å². The molecule has 0 aromatic rings. The summed E-state index contributed by atoms with van der Waals surface area (Å²) in [6.07, 6.45) is 5.08. The van der Waals surface area contributed by atoms with Gasteiger partial charge in [0.2, 0.25) is 0 Å². The summed E-state index contributed by atoms with van der Waals surface area (Å²) < 4.78 is 5.70. The largest absolute Gasteiger partial charge is 0.380 e. The maximum Gasteiger partial charge on any atom is 0.0593 e. The molecular weight excluding hydrogens is 224 g/mol. The Morgan fingerprint density at radius 3 is 2.89 bits per heavy atom. The third kappa shape index (κ3) is 7.34. The van der Waals surface area contributed by atoms with Gasteiger partial charge in [-0.1, -0.05) is 20.8 Å². The Balaban J connectivity index is 2.03. The second kappa shape index (κ2) is 9.76. The molecular formula is C15H32N2O. The summed E-state index contributed by atoms with van der Waals surface area (Å²) in [5, 5.41) is 3.64. The molecule has 1 aliphatic rings. The fraction of sp³-hybridized carbons (Fsp3) is 1.00. The van der Waals surface area contributed by atoms with Crippen LogP contribution in [0.1, 0.15) is 46.5 Å². The average Bonchev–Trinajstić information content (AvgIpc) is 2.36. The van der Waals surface area contributed by atoms with Gasteiger partial charge in [0.05, 0.1) is 6.61 Å². The van der Waals surface area contributed by atoms with Crippen molar-refractivity contribution in [2.45, 2.75) is 52.5 Å². The molecule has 1 heterocycles. The van der Waals surface area contributed by atoms with E-state index in [0.717, 1.165) is 32.2 Å². The van der Waals surface area contributed by atoms with Crippen molar-refractivity contribution < 1.29 is 4.74 Å². The van der Waals surface area contributed by atoms with Crippen LogP contribution in [0.25, 0.3) is 0 Å². The zero-order valence-corrected chi connectivity index (χ0v) is 12.6. The van der Waals surface area contributed by atoms with Gasteiger partial charge >= 0.3 is 0 Å². The summed E-state index contributed by atoms with van der Waals surface area (Å²) in [6.45, 7) is 13.2. The molecule has 0 saturated carbocycles. The van der Waals surface area contributed by atoms with Gasteiger partial charge in [-0.15, -0.1) is 0 Å². The van der Waals surface area contributed by atoms with Crippen LogP contribution in [0.15, 0.2) is 0 Å². The lowest BCUT2D eigenvalue weighted by Crippen LogP contribution is -2.46. The van der Waals surface area contributed by atoms with Gasteiger partial charge in [0, 0.05) is 25.7 Å². The van der Waals surface area contributed by atoms with E-state index >= 15 is 0 Å². The summed E-state index contributed by atoms with van der Waals surface area (Å²) in [7, 11) is 0. The van der Waals surface area contributed by atoms with Gasteiger partial charge in [0.25, 0.3) is 0 Å². The topological polar surface area (TPSA) is 24.5 Å². The van der Waals surface area contributed by atoms with Crippen LogP contribution in [0.4, 0.5) is 0 Å². The zero-order chi connectivity index (χ0) is 13.2. The van der Waals surface area contributed by atoms with E-state index in [2.05, 4.69) is 31.0 Å². The molecule has 1 fully saturated rings. The van der Waals surface area contributed by atoms with E-state index < -0.39 is 0 Å². The summed E-state index contributed by atoms with van der Waals surface area (Å²) >= 11 is 0. The summed E-state index contributed by atoms with van der Waals surface area (Å²) in [6, 6.07) is 0.703. The van der Waals surface area contributed by atoms with Crippen molar-refractivity contribution in [3.8, 4) is 0 Å². The molecule has 1 N–H and O–H groups in total. The van der Waals surface area contributed by atoms with E-state index in [1.165, 1.54) is 38.8 Å². The van der Waals surface area contributed by atoms with Gasteiger partial charge in [-0.2, -0.15) is 0 Å². The predicted molar refractivity (Wildman–Crippen MR) is 78.0 cm³/mol. The van der Waals surface area contributed by atoms with Gasteiger partial charge in [-0.25, -0.2) is 0 Å². The van der Waals surface area contributed by atoms with Crippen LogP contribution < -0.4 is 5.32 Å². The number of hydrogen-bond donors (Lipinski definition) is 1. The molecule has 1 atom stereocenters. The monoisotopic (exact) mass is 256 g/mol. The van der Waals surface area contributed by atoms with Gasteiger partial charge in [-0.05, 0) is 44.7 Å². The van der Waals surface area contributed by atoms with Crippen molar-refractivity contribution in [1.29, 1.82) is 0 Å². The van der Waals surface area contributed by atoms with Crippen LogP contribution >= 0.6 is 0 Å². The Kier molecular flexibility index (Phi) is 8.64. The van der Waals surface area contributed by atoms with E-state index in [0.29, 0.717) is 6.04 Å². The van der Waals surface area contributed by atoms with Gasteiger partial charge in [0.1, 0.15) is 0 Å². The van der Waals surface area contributed by atoms with Crippen molar-refractivity contribution in [2.75, 3.05) is 39.4 Å². The molecule has 1 unspecified atom stereocenters. The van der Waals surface area contributed by atoms with E-state index in [1.807, 2.05) is 0 Å². The van der Waals surface area contributed by atoms with Gasteiger partial charge < -0.3 is 10.1 Å². The van der Waals surface area contributed by atoms with Gasteiger partial charge in [0.15, 0.2) is 0 Å². The van der Waals surface area contributed by atoms with E-state index in [4.69, 9.17) is 4.74 Å². The average molecular weight is 256 g/mol. The summed E-state index contributed by atoms with van der Waals surface area (Å²) in [5.74, 6) is 0.752. The standard InChI is InChI=1S/C15H32N2O/c1-4-8-16-15-6-5-9-17(13-15)10-12-18-11-7-14(2)3/h14-16H,4-13H2,1-3H3. The van der Waals surface area contributed by atoms with Crippen LogP contribution in [0.3, 0.4) is 0 Å². The highest BCUT2D eigenvalue weighted by Crippen LogP contribution is 2.09. The second-order valence-corrected chi connectivity index (χ2v) is 5.89. The first-order valence-corrected chi connectivity index (χ1v) is 7.75. The molecule has 108 valence electrons. The van der Waals surface area contributed by atoms with Crippen molar-refractivity contribution in [1.82, 2.24) is 10.2 Å². The normalized spacial score (nSPS) is 21.7. The molecule has 1 aliphatic heterocycles. The molecule has 3 heteroatoms. The Labute approximate surface area is 113 Å². The first-order valence-electron chi connectivity index (χ1n) is 7.75. The van der Waals surface area contributed by atoms with E-state index in [9.17, 15) is 0 Å². The van der Waals surface area contributed by atoms with Crippen LogP contribution in [-0.4, -0.2) is 50.3 Å². The Morgan fingerprint density at radius 1 is 1.33 bits per heavy atom. The smallest absolute Gasteiger partial charge is 0.0593 e. The molecule has 0 radical (unpaired) electrons. The summed E-state index contributed by atoms with van der Waals surface area (Å²) in [4.78, 5) is 2.55. The van der Waals surface area contributed by atoms with Crippen molar-refractivity contribution in [3.05, 3.63) is 0 Å².